The number of phenolic OH excluding ortho intramolecular Hbond substituents is 1. The van der Waals surface area contributed by atoms with Crippen molar-refractivity contribution >= 4 is 5.69 Å². The standard InChI is InChI=1S/C15H23NO3/c1-11(17)13-6-5-12(9-14(13)18)16(2)10-15(19)7-3-4-8-15/h5-6,9,11,17-19H,3-4,7-8,10H2,1-2H3. The fourth-order valence-electron chi connectivity index (χ4n) is 2.85. The lowest BCUT2D eigenvalue weighted by molar-refractivity contribution is 0.0559. The van der Waals surface area contributed by atoms with Gasteiger partial charge in [0, 0.05) is 30.9 Å². The maximum Gasteiger partial charge on any atom is 0.123 e. The fraction of sp³-hybridized carbons (Fsp3) is 0.600. The van der Waals surface area contributed by atoms with Gasteiger partial charge in [0.15, 0.2) is 0 Å². The van der Waals surface area contributed by atoms with Crippen molar-refractivity contribution < 1.29 is 15.3 Å². The second-order valence-corrected chi connectivity index (χ2v) is 5.71. The Bertz CT molecular complexity index is 439. The van der Waals surface area contributed by atoms with Gasteiger partial charge in [0.05, 0.1) is 11.7 Å². The topological polar surface area (TPSA) is 63.9 Å². The number of likely N-dealkylation sites (N-methyl/N-ethyl adjacent to an activating group) is 1. The first kappa shape index (κ1) is 14.2. The van der Waals surface area contributed by atoms with E-state index in [2.05, 4.69) is 0 Å². The summed E-state index contributed by atoms with van der Waals surface area (Å²) in [5, 5.41) is 29.8. The molecule has 0 aromatic heterocycles. The molecule has 1 atom stereocenters. The smallest absolute Gasteiger partial charge is 0.123 e. The van der Waals surface area contributed by atoms with Crippen LogP contribution in [0.4, 0.5) is 5.69 Å². The second-order valence-electron chi connectivity index (χ2n) is 5.71. The van der Waals surface area contributed by atoms with Crippen LogP contribution in [-0.4, -0.2) is 34.5 Å². The Morgan fingerprint density at radius 3 is 2.47 bits per heavy atom. The molecule has 3 N–H and O–H groups in total. The van der Waals surface area contributed by atoms with Crippen molar-refractivity contribution in [2.24, 2.45) is 0 Å². The van der Waals surface area contributed by atoms with Gasteiger partial charge in [0.25, 0.3) is 0 Å². The van der Waals surface area contributed by atoms with E-state index in [-0.39, 0.29) is 5.75 Å². The van der Waals surface area contributed by atoms with Crippen LogP contribution in [-0.2, 0) is 0 Å². The fourth-order valence-corrected chi connectivity index (χ4v) is 2.85. The number of aromatic hydroxyl groups is 1. The highest BCUT2D eigenvalue weighted by atomic mass is 16.3. The van der Waals surface area contributed by atoms with E-state index in [1.807, 2.05) is 18.0 Å². The molecule has 0 amide bonds. The van der Waals surface area contributed by atoms with Gasteiger partial charge in [-0.2, -0.15) is 0 Å². The van der Waals surface area contributed by atoms with Crippen LogP contribution in [0.1, 0.15) is 44.3 Å². The lowest BCUT2D eigenvalue weighted by atomic mass is 10.0. The summed E-state index contributed by atoms with van der Waals surface area (Å²) in [6.45, 7) is 2.19. The van der Waals surface area contributed by atoms with E-state index in [9.17, 15) is 15.3 Å². The third-order valence-electron chi connectivity index (χ3n) is 3.97. The molecule has 1 aromatic rings. The van der Waals surface area contributed by atoms with Crippen molar-refractivity contribution in [2.45, 2.75) is 44.3 Å². The van der Waals surface area contributed by atoms with Crippen LogP contribution in [0.25, 0.3) is 0 Å². The molecule has 0 heterocycles. The minimum atomic E-state index is -0.682. The predicted octanol–water partition coefficient (Wildman–Crippen LogP) is 2.19. The molecular weight excluding hydrogens is 242 g/mol. The van der Waals surface area contributed by atoms with Crippen molar-refractivity contribution in [2.75, 3.05) is 18.5 Å². The van der Waals surface area contributed by atoms with Gasteiger partial charge in [-0.25, -0.2) is 0 Å². The number of benzene rings is 1. The summed E-state index contributed by atoms with van der Waals surface area (Å²) >= 11 is 0. The first-order valence-electron chi connectivity index (χ1n) is 6.86. The van der Waals surface area contributed by atoms with Gasteiger partial charge >= 0.3 is 0 Å². The molecule has 19 heavy (non-hydrogen) atoms. The van der Waals surface area contributed by atoms with Crippen molar-refractivity contribution in [3.63, 3.8) is 0 Å². The normalized spacial score (nSPS) is 19.4. The van der Waals surface area contributed by atoms with Crippen molar-refractivity contribution in [1.29, 1.82) is 0 Å². The monoisotopic (exact) mass is 265 g/mol. The number of nitrogens with zero attached hydrogens (tertiary/aromatic N) is 1. The molecular formula is C15H23NO3. The third-order valence-corrected chi connectivity index (χ3v) is 3.97. The van der Waals surface area contributed by atoms with Crippen LogP contribution in [0.5, 0.6) is 5.75 Å². The van der Waals surface area contributed by atoms with Gasteiger partial charge in [-0.05, 0) is 25.8 Å². The summed E-state index contributed by atoms with van der Waals surface area (Å²) < 4.78 is 0. The highest BCUT2D eigenvalue weighted by Gasteiger charge is 2.32. The Balaban J connectivity index is 2.11. The van der Waals surface area contributed by atoms with E-state index in [4.69, 9.17) is 0 Å². The summed E-state index contributed by atoms with van der Waals surface area (Å²) in [5.74, 6) is 0.0951. The molecule has 4 nitrogen and oxygen atoms in total. The molecule has 1 aliphatic carbocycles. The van der Waals surface area contributed by atoms with E-state index in [1.165, 1.54) is 0 Å². The number of aliphatic hydroxyl groups is 2. The lowest BCUT2D eigenvalue weighted by Crippen LogP contribution is -2.39. The molecule has 1 aromatic carbocycles. The number of rotatable bonds is 4. The average molecular weight is 265 g/mol. The number of aliphatic hydroxyl groups excluding tert-OH is 1. The third kappa shape index (κ3) is 3.19. The van der Waals surface area contributed by atoms with Crippen molar-refractivity contribution in [3.05, 3.63) is 23.8 Å². The minimum Gasteiger partial charge on any atom is -0.507 e. The maximum atomic E-state index is 10.4. The van der Waals surface area contributed by atoms with Crippen LogP contribution in [0.3, 0.4) is 0 Å². The van der Waals surface area contributed by atoms with Gasteiger partial charge < -0.3 is 20.2 Å². The Hall–Kier alpha value is -1.26. The molecule has 2 rings (SSSR count). The number of hydrogen-bond acceptors (Lipinski definition) is 4. The summed E-state index contributed by atoms with van der Waals surface area (Å²) in [7, 11) is 1.91. The Morgan fingerprint density at radius 1 is 1.32 bits per heavy atom. The quantitative estimate of drug-likeness (QED) is 0.781. The van der Waals surface area contributed by atoms with Gasteiger partial charge in [-0.3, -0.25) is 0 Å². The van der Waals surface area contributed by atoms with E-state index in [0.29, 0.717) is 12.1 Å². The zero-order valence-electron chi connectivity index (χ0n) is 11.6. The SMILES string of the molecule is CC(O)c1ccc(N(C)CC2(O)CCCC2)cc1O. The number of hydrogen-bond donors (Lipinski definition) is 3. The highest BCUT2D eigenvalue weighted by Crippen LogP contribution is 2.33. The summed E-state index contributed by atoms with van der Waals surface area (Å²) in [4.78, 5) is 1.96. The largest absolute Gasteiger partial charge is 0.507 e. The Labute approximate surface area is 114 Å². The molecule has 0 bridgehead atoms. The maximum absolute atomic E-state index is 10.4. The average Bonchev–Trinajstić information content (AvgIpc) is 2.75. The first-order chi connectivity index (χ1) is 8.91. The summed E-state index contributed by atoms with van der Waals surface area (Å²) in [6.07, 6.45) is 3.16. The zero-order valence-corrected chi connectivity index (χ0v) is 11.6. The zero-order chi connectivity index (χ0) is 14.0. The van der Waals surface area contributed by atoms with Crippen LogP contribution >= 0.6 is 0 Å². The molecule has 0 aliphatic heterocycles. The summed E-state index contributed by atoms with van der Waals surface area (Å²) in [5.41, 5.74) is 0.770. The molecule has 1 fully saturated rings. The van der Waals surface area contributed by atoms with Crippen LogP contribution in [0.15, 0.2) is 18.2 Å². The molecule has 0 saturated heterocycles. The molecule has 0 radical (unpaired) electrons. The predicted molar refractivity (Wildman–Crippen MR) is 75.4 cm³/mol. The summed E-state index contributed by atoms with van der Waals surface area (Å²) in [6, 6.07) is 5.23. The van der Waals surface area contributed by atoms with Gasteiger partial charge in [-0.1, -0.05) is 18.9 Å². The molecule has 1 unspecified atom stereocenters. The molecule has 4 heteroatoms. The minimum absolute atomic E-state index is 0.0951. The van der Waals surface area contributed by atoms with Gasteiger partial charge in [0.1, 0.15) is 5.75 Å². The van der Waals surface area contributed by atoms with Crippen molar-refractivity contribution in [3.8, 4) is 5.75 Å². The first-order valence-corrected chi connectivity index (χ1v) is 6.86. The molecule has 1 aliphatic rings. The van der Waals surface area contributed by atoms with Crippen LogP contribution in [0, 0.1) is 0 Å². The van der Waals surface area contributed by atoms with E-state index in [1.54, 1.807) is 19.1 Å². The van der Waals surface area contributed by atoms with E-state index < -0.39 is 11.7 Å². The number of phenols is 1. The van der Waals surface area contributed by atoms with Gasteiger partial charge in [-0.15, -0.1) is 0 Å². The van der Waals surface area contributed by atoms with Crippen molar-refractivity contribution in [1.82, 2.24) is 0 Å². The second kappa shape index (κ2) is 5.39. The molecule has 1 saturated carbocycles. The Kier molecular flexibility index (Phi) is 4.02. The Morgan fingerprint density at radius 2 is 1.95 bits per heavy atom. The van der Waals surface area contributed by atoms with Crippen LogP contribution < -0.4 is 4.90 Å². The van der Waals surface area contributed by atoms with E-state index >= 15 is 0 Å². The van der Waals surface area contributed by atoms with E-state index in [0.717, 1.165) is 31.4 Å². The highest BCUT2D eigenvalue weighted by molar-refractivity contribution is 5.53. The molecule has 106 valence electrons. The molecule has 0 spiro atoms. The lowest BCUT2D eigenvalue weighted by Gasteiger charge is -2.30. The van der Waals surface area contributed by atoms with Gasteiger partial charge in [0.2, 0.25) is 0 Å². The van der Waals surface area contributed by atoms with Crippen LogP contribution in [0.2, 0.25) is 0 Å². The number of anilines is 1.